The van der Waals surface area contributed by atoms with Crippen molar-refractivity contribution < 1.29 is 4.74 Å². The summed E-state index contributed by atoms with van der Waals surface area (Å²) in [5.41, 5.74) is 6.79. The minimum atomic E-state index is 0.0332. The van der Waals surface area contributed by atoms with Crippen molar-refractivity contribution in [1.82, 2.24) is 0 Å². The molecule has 1 atom stereocenters. The Kier molecular flexibility index (Phi) is 3.56. The predicted molar refractivity (Wildman–Crippen MR) is 53.6 cm³/mol. The van der Waals surface area contributed by atoms with Crippen molar-refractivity contribution in [3.05, 3.63) is 29.8 Å². The number of methoxy groups -OCH3 is 1. The van der Waals surface area contributed by atoms with Gasteiger partial charge in [-0.25, -0.2) is 0 Å². The molecule has 0 aromatic heterocycles. The number of ether oxygens (including phenoxy) is 1. The van der Waals surface area contributed by atoms with E-state index >= 15 is 0 Å². The van der Waals surface area contributed by atoms with Crippen LogP contribution in [0.3, 0.4) is 0 Å². The van der Waals surface area contributed by atoms with Crippen molar-refractivity contribution in [2.45, 2.75) is 11.4 Å². The lowest BCUT2D eigenvalue weighted by molar-refractivity contribution is 0.414. The lowest BCUT2D eigenvalue weighted by atomic mass is 10.1. The molecule has 0 aliphatic rings. The van der Waals surface area contributed by atoms with Gasteiger partial charge in [0.2, 0.25) is 0 Å². The molecule has 3 heteroatoms. The minimum absolute atomic E-state index is 0.0332. The van der Waals surface area contributed by atoms with Crippen LogP contribution in [0.4, 0.5) is 0 Å². The largest absolute Gasteiger partial charge is 0.497 e. The molecular weight excluding hydrogens is 218 g/mol. The molecule has 12 heavy (non-hydrogen) atoms. The number of halogens is 1. The Morgan fingerprint density at radius 3 is 2.42 bits per heavy atom. The van der Waals surface area contributed by atoms with Gasteiger partial charge in [0.25, 0.3) is 0 Å². The number of hydrogen-bond donors (Lipinski definition) is 1. The zero-order valence-electron chi connectivity index (χ0n) is 6.96. The molecule has 1 aromatic rings. The molecule has 0 saturated carbocycles. The van der Waals surface area contributed by atoms with Crippen LogP contribution in [-0.4, -0.2) is 12.1 Å². The number of hydrogen-bond acceptors (Lipinski definition) is 2. The van der Waals surface area contributed by atoms with Gasteiger partial charge in [-0.05, 0) is 24.1 Å². The maximum Gasteiger partial charge on any atom is 0.118 e. The maximum absolute atomic E-state index is 5.58. The molecule has 0 radical (unpaired) electrons. The van der Waals surface area contributed by atoms with Crippen LogP contribution >= 0.6 is 15.9 Å². The summed E-state index contributed by atoms with van der Waals surface area (Å²) in [4.78, 5) is 0.0332. The van der Waals surface area contributed by atoms with E-state index in [2.05, 4.69) is 15.9 Å². The summed E-state index contributed by atoms with van der Waals surface area (Å²) < 4.78 is 5.03. The second-order valence-corrected chi connectivity index (χ2v) is 3.74. The fourth-order valence-electron chi connectivity index (χ4n) is 0.987. The van der Waals surface area contributed by atoms with Crippen molar-refractivity contribution in [2.75, 3.05) is 7.11 Å². The third-order valence-corrected chi connectivity index (χ3v) is 1.91. The first-order valence-corrected chi connectivity index (χ1v) is 4.66. The third-order valence-electron chi connectivity index (χ3n) is 1.59. The van der Waals surface area contributed by atoms with E-state index in [4.69, 9.17) is 10.5 Å². The van der Waals surface area contributed by atoms with Crippen molar-refractivity contribution in [3.63, 3.8) is 0 Å². The Morgan fingerprint density at radius 1 is 1.42 bits per heavy atom. The summed E-state index contributed by atoms with van der Waals surface area (Å²) in [5.74, 6) is 0.877. The van der Waals surface area contributed by atoms with Crippen LogP contribution in [0.25, 0.3) is 0 Å². The highest BCUT2D eigenvalue weighted by molar-refractivity contribution is 9.09. The smallest absolute Gasteiger partial charge is 0.118 e. The van der Waals surface area contributed by atoms with Crippen LogP contribution in [-0.2, 0) is 6.42 Å². The van der Waals surface area contributed by atoms with Gasteiger partial charge in [0.05, 0.1) is 12.1 Å². The van der Waals surface area contributed by atoms with E-state index in [0.717, 1.165) is 12.2 Å². The SMILES string of the molecule is COc1ccc(CC(N)Br)cc1. The Balaban J connectivity index is 2.65. The second-order valence-electron chi connectivity index (χ2n) is 2.57. The molecule has 0 aliphatic carbocycles. The highest BCUT2D eigenvalue weighted by Gasteiger charge is 1.98. The van der Waals surface area contributed by atoms with Crippen LogP contribution in [0, 0.1) is 0 Å². The van der Waals surface area contributed by atoms with Crippen LogP contribution in [0.2, 0.25) is 0 Å². The predicted octanol–water partition coefficient (Wildman–Crippen LogP) is 1.92. The van der Waals surface area contributed by atoms with Crippen molar-refractivity contribution in [2.24, 2.45) is 5.73 Å². The second kappa shape index (κ2) is 4.48. The van der Waals surface area contributed by atoms with E-state index in [1.165, 1.54) is 5.56 Å². The van der Waals surface area contributed by atoms with E-state index in [0.29, 0.717) is 0 Å². The average molecular weight is 230 g/mol. The molecule has 0 aliphatic heterocycles. The van der Waals surface area contributed by atoms with Crippen molar-refractivity contribution in [1.29, 1.82) is 0 Å². The van der Waals surface area contributed by atoms with Gasteiger partial charge in [0, 0.05) is 0 Å². The quantitative estimate of drug-likeness (QED) is 0.635. The number of nitrogens with two attached hydrogens (primary N) is 1. The average Bonchev–Trinajstić information content (AvgIpc) is 2.05. The highest BCUT2D eigenvalue weighted by Crippen LogP contribution is 2.13. The van der Waals surface area contributed by atoms with Gasteiger partial charge in [0.1, 0.15) is 5.75 Å². The number of alkyl halides is 1. The molecule has 0 spiro atoms. The maximum atomic E-state index is 5.58. The van der Waals surface area contributed by atoms with Gasteiger partial charge in [-0.2, -0.15) is 0 Å². The fraction of sp³-hybridized carbons (Fsp3) is 0.333. The van der Waals surface area contributed by atoms with E-state index in [1.54, 1.807) is 7.11 Å². The molecule has 0 amide bonds. The van der Waals surface area contributed by atoms with Gasteiger partial charge in [-0.1, -0.05) is 28.1 Å². The van der Waals surface area contributed by atoms with Crippen molar-refractivity contribution >= 4 is 15.9 Å². The molecule has 0 saturated heterocycles. The molecule has 1 rings (SSSR count). The Labute approximate surface area is 80.8 Å². The van der Waals surface area contributed by atoms with Crippen LogP contribution in [0.5, 0.6) is 5.75 Å². The molecule has 0 bridgehead atoms. The summed E-state index contributed by atoms with van der Waals surface area (Å²) in [5, 5.41) is 0. The van der Waals surface area contributed by atoms with Crippen molar-refractivity contribution in [3.8, 4) is 5.75 Å². The highest BCUT2D eigenvalue weighted by atomic mass is 79.9. The summed E-state index contributed by atoms with van der Waals surface area (Å²) in [6.45, 7) is 0. The molecule has 66 valence electrons. The lowest BCUT2D eigenvalue weighted by Gasteiger charge is -2.04. The van der Waals surface area contributed by atoms with E-state index < -0.39 is 0 Å². The molecule has 1 aromatic carbocycles. The normalized spacial score (nSPS) is 12.6. The van der Waals surface area contributed by atoms with Crippen LogP contribution in [0.15, 0.2) is 24.3 Å². The van der Waals surface area contributed by atoms with Gasteiger partial charge >= 0.3 is 0 Å². The molecule has 2 N–H and O–H groups in total. The number of benzene rings is 1. The summed E-state index contributed by atoms with van der Waals surface area (Å²) in [7, 11) is 1.66. The topological polar surface area (TPSA) is 35.2 Å². The Hall–Kier alpha value is -0.540. The monoisotopic (exact) mass is 229 g/mol. The number of rotatable bonds is 3. The molecule has 0 heterocycles. The first-order valence-electron chi connectivity index (χ1n) is 3.75. The van der Waals surface area contributed by atoms with Crippen LogP contribution < -0.4 is 10.5 Å². The Bertz CT molecular complexity index is 233. The summed E-state index contributed by atoms with van der Waals surface area (Å²) >= 11 is 3.29. The fourth-order valence-corrected chi connectivity index (χ4v) is 1.36. The lowest BCUT2D eigenvalue weighted by Crippen LogP contribution is -2.13. The Morgan fingerprint density at radius 2 is 2.00 bits per heavy atom. The zero-order chi connectivity index (χ0) is 8.97. The van der Waals surface area contributed by atoms with E-state index in [1.807, 2.05) is 24.3 Å². The molecule has 0 fully saturated rings. The zero-order valence-corrected chi connectivity index (χ0v) is 8.54. The third kappa shape index (κ3) is 2.83. The van der Waals surface area contributed by atoms with Gasteiger partial charge in [0.15, 0.2) is 0 Å². The summed E-state index contributed by atoms with van der Waals surface area (Å²) in [6, 6.07) is 7.90. The molecular formula is C9H12BrNO. The van der Waals surface area contributed by atoms with E-state index in [-0.39, 0.29) is 4.95 Å². The molecule has 1 unspecified atom stereocenters. The first-order chi connectivity index (χ1) is 5.72. The molecule has 2 nitrogen and oxygen atoms in total. The van der Waals surface area contributed by atoms with Gasteiger partial charge in [-0.15, -0.1) is 0 Å². The summed E-state index contributed by atoms with van der Waals surface area (Å²) in [6.07, 6.45) is 0.837. The minimum Gasteiger partial charge on any atom is -0.497 e. The van der Waals surface area contributed by atoms with Gasteiger partial charge < -0.3 is 10.5 Å². The standard InChI is InChI=1S/C9H12BrNO/c1-12-8-4-2-7(3-5-8)6-9(10)11/h2-5,9H,6,11H2,1H3. The van der Waals surface area contributed by atoms with Crippen LogP contribution in [0.1, 0.15) is 5.56 Å². The van der Waals surface area contributed by atoms with E-state index in [9.17, 15) is 0 Å². The van der Waals surface area contributed by atoms with Gasteiger partial charge in [-0.3, -0.25) is 0 Å². The first kappa shape index (κ1) is 9.55.